The Morgan fingerprint density at radius 3 is 2.20 bits per heavy atom. The highest BCUT2D eigenvalue weighted by Crippen LogP contribution is 2.54. The number of nitrogens with zero attached hydrogens (tertiary/aromatic N) is 4. The van der Waals surface area contributed by atoms with Gasteiger partial charge in [0.2, 0.25) is 0 Å². The molecule has 4 aliphatic heterocycles. The Labute approximate surface area is 253 Å². The van der Waals surface area contributed by atoms with Gasteiger partial charge < -0.3 is 18.6 Å². The number of aromatic nitrogens is 1. The summed E-state index contributed by atoms with van der Waals surface area (Å²) in [7, 11) is 0. The predicted molar refractivity (Wildman–Crippen MR) is 166 cm³/mol. The van der Waals surface area contributed by atoms with Gasteiger partial charge in [-0.05, 0) is 48.5 Å². The highest BCUT2D eigenvalue weighted by atomic mass is 16.5. The Morgan fingerprint density at radius 1 is 0.600 bits per heavy atom. The van der Waals surface area contributed by atoms with E-state index >= 15 is 0 Å². The highest BCUT2D eigenvalue weighted by molar-refractivity contribution is 5.94. The van der Waals surface area contributed by atoms with E-state index in [2.05, 4.69) is 0 Å². The Balaban J connectivity index is 1.32. The standard InChI is InChI=1S/C36H18N4O5/c41-19-13-14-22-30(15-19)44-31-18-26-32(16-23(31)37-22)43-29-12-6-3-9-25(29)40(26)35-34-33(42-27-10-4-2-8-21(27)39-34)17-24-36(35)45-28-11-5-1-7-20(28)38-24/h1-18H. The monoisotopic (exact) mass is 586 g/mol. The maximum Gasteiger partial charge on any atom is 0.182 e. The van der Waals surface area contributed by atoms with Crippen molar-refractivity contribution in [1.82, 2.24) is 4.98 Å². The smallest absolute Gasteiger partial charge is 0.182 e. The van der Waals surface area contributed by atoms with Gasteiger partial charge in [0.15, 0.2) is 51.3 Å². The number of hydrogen-bond donors (Lipinski definition) is 0. The van der Waals surface area contributed by atoms with Crippen LogP contribution in [0.5, 0.6) is 34.5 Å². The van der Waals surface area contributed by atoms with Crippen molar-refractivity contribution in [1.29, 1.82) is 0 Å². The first-order valence-corrected chi connectivity index (χ1v) is 14.3. The number of ether oxygens (including phenoxy) is 3. The SMILES string of the molecule is O=c1ccc2nc3cc4c(cc3oc-2c1)N(c1c2c(cc3c1=Nc1ccccc1O3)=Nc1ccccc1O2)c1ccccc1O4. The first-order valence-electron chi connectivity index (χ1n) is 14.3. The number of benzene rings is 6. The Hall–Kier alpha value is -6.48. The molecule has 0 spiro atoms. The summed E-state index contributed by atoms with van der Waals surface area (Å²) in [6, 6.07) is 33.2. The number of rotatable bonds is 1. The molecular weight excluding hydrogens is 568 g/mol. The van der Waals surface area contributed by atoms with Gasteiger partial charge in [-0.2, -0.15) is 0 Å². The molecule has 0 radical (unpaired) electrons. The number of hydrogen-bond acceptors (Lipinski definition) is 9. The van der Waals surface area contributed by atoms with E-state index in [-0.39, 0.29) is 5.43 Å². The van der Waals surface area contributed by atoms with E-state index in [1.54, 1.807) is 6.07 Å². The minimum absolute atomic E-state index is 0.158. The number of fused-ring (bicyclic) bond motifs is 8. The van der Waals surface area contributed by atoms with Crippen LogP contribution in [0.4, 0.5) is 28.4 Å². The van der Waals surface area contributed by atoms with Crippen LogP contribution in [0.2, 0.25) is 0 Å². The van der Waals surface area contributed by atoms with Gasteiger partial charge in [-0.1, -0.05) is 36.4 Å². The van der Waals surface area contributed by atoms with E-state index < -0.39 is 0 Å². The zero-order chi connectivity index (χ0) is 29.6. The third-order valence-corrected chi connectivity index (χ3v) is 8.03. The van der Waals surface area contributed by atoms with Crippen LogP contribution in [0.1, 0.15) is 0 Å². The fourth-order valence-electron chi connectivity index (χ4n) is 6.03. The molecular formula is C36H18N4O5. The molecule has 212 valence electrons. The van der Waals surface area contributed by atoms with Crippen LogP contribution < -0.4 is 35.3 Å². The van der Waals surface area contributed by atoms with E-state index in [1.807, 2.05) is 95.9 Å². The second kappa shape index (κ2) is 8.77. The molecule has 5 aromatic rings. The molecule has 0 saturated carbocycles. The summed E-state index contributed by atoms with van der Waals surface area (Å²) >= 11 is 0. The summed E-state index contributed by atoms with van der Waals surface area (Å²) in [5.41, 5.74) is 4.93. The second-order valence-electron chi connectivity index (χ2n) is 10.8. The molecule has 5 aromatic carbocycles. The van der Waals surface area contributed by atoms with Gasteiger partial charge in [-0.3, -0.25) is 9.69 Å². The number of para-hydroxylation sites is 6. The van der Waals surface area contributed by atoms with Gasteiger partial charge >= 0.3 is 0 Å². The normalized spacial score (nSPS) is 13.4. The van der Waals surface area contributed by atoms with Crippen LogP contribution in [0.15, 0.2) is 128 Å². The summed E-state index contributed by atoms with van der Waals surface area (Å²) in [6.07, 6.45) is 0. The van der Waals surface area contributed by atoms with E-state index in [4.69, 9.17) is 33.6 Å². The molecule has 4 heterocycles. The average molecular weight is 587 g/mol. The third-order valence-electron chi connectivity index (χ3n) is 8.03. The fraction of sp³-hybridized carbons (Fsp3) is 0. The van der Waals surface area contributed by atoms with Crippen LogP contribution in [-0.4, -0.2) is 4.98 Å². The lowest BCUT2D eigenvalue weighted by atomic mass is 10.1. The molecule has 0 atom stereocenters. The topological polar surface area (TPSA) is 98.8 Å². The van der Waals surface area contributed by atoms with Crippen molar-refractivity contribution in [2.75, 3.05) is 4.90 Å². The summed E-state index contributed by atoms with van der Waals surface area (Å²) in [6.45, 7) is 0. The molecule has 10 rings (SSSR count). The largest absolute Gasteiger partial charge is 0.453 e. The third kappa shape index (κ3) is 3.55. The summed E-state index contributed by atoms with van der Waals surface area (Å²) in [5, 5.41) is 1.18. The van der Waals surface area contributed by atoms with Gasteiger partial charge in [-0.25, -0.2) is 15.0 Å². The molecule has 9 nitrogen and oxygen atoms in total. The van der Waals surface area contributed by atoms with Crippen molar-refractivity contribution >= 4 is 39.5 Å². The quantitative estimate of drug-likeness (QED) is 0.180. The van der Waals surface area contributed by atoms with E-state index in [1.165, 1.54) is 12.1 Å². The van der Waals surface area contributed by atoms with Gasteiger partial charge in [-0.15, -0.1) is 0 Å². The molecule has 9 heteroatoms. The van der Waals surface area contributed by atoms with Crippen molar-refractivity contribution in [2.24, 2.45) is 9.98 Å². The van der Waals surface area contributed by atoms with Crippen LogP contribution in [0.25, 0.3) is 22.6 Å². The molecule has 0 aromatic heterocycles. The fourth-order valence-corrected chi connectivity index (χ4v) is 6.03. The van der Waals surface area contributed by atoms with Crippen molar-refractivity contribution in [3.8, 4) is 46.0 Å². The maximum absolute atomic E-state index is 12.1. The molecule has 1 aliphatic carbocycles. The van der Waals surface area contributed by atoms with Gasteiger partial charge in [0, 0.05) is 24.3 Å². The summed E-state index contributed by atoms with van der Waals surface area (Å²) in [5.74, 6) is 3.92. The van der Waals surface area contributed by atoms with Gasteiger partial charge in [0.1, 0.15) is 39.0 Å². The first-order chi connectivity index (χ1) is 22.2. The molecule has 0 unspecified atom stereocenters. The lowest BCUT2D eigenvalue weighted by molar-refractivity contribution is 0.450. The number of anilines is 3. The maximum atomic E-state index is 12.1. The molecule has 0 bridgehead atoms. The average Bonchev–Trinajstić information content (AvgIpc) is 3.06. The lowest BCUT2D eigenvalue weighted by Crippen LogP contribution is -2.28. The molecule has 0 amide bonds. The van der Waals surface area contributed by atoms with E-state index in [0.717, 1.165) is 5.69 Å². The van der Waals surface area contributed by atoms with Gasteiger partial charge in [0.25, 0.3) is 0 Å². The van der Waals surface area contributed by atoms with Crippen molar-refractivity contribution in [2.45, 2.75) is 0 Å². The Morgan fingerprint density at radius 2 is 1.33 bits per heavy atom. The highest BCUT2D eigenvalue weighted by Gasteiger charge is 2.34. The lowest BCUT2D eigenvalue weighted by Gasteiger charge is -2.34. The van der Waals surface area contributed by atoms with Crippen LogP contribution >= 0.6 is 0 Å². The second-order valence-corrected chi connectivity index (χ2v) is 10.8. The van der Waals surface area contributed by atoms with E-state index in [0.29, 0.717) is 90.5 Å². The van der Waals surface area contributed by atoms with Crippen LogP contribution in [0.3, 0.4) is 0 Å². The predicted octanol–water partition coefficient (Wildman–Crippen LogP) is 7.98. The minimum Gasteiger partial charge on any atom is -0.453 e. The van der Waals surface area contributed by atoms with Crippen molar-refractivity contribution in [3.05, 3.63) is 130 Å². The zero-order valence-corrected chi connectivity index (χ0v) is 23.2. The van der Waals surface area contributed by atoms with Gasteiger partial charge in [0.05, 0.1) is 11.4 Å². The Bertz CT molecular complexity index is 2580. The van der Waals surface area contributed by atoms with Crippen molar-refractivity contribution < 1.29 is 18.6 Å². The molecule has 0 saturated heterocycles. The molecule has 5 aliphatic rings. The van der Waals surface area contributed by atoms with E-state index in [9.17, 15) is 4.79 Å². The van der Waals surface area contributed by atoms with Crippen LogP contribution in [0, 0.1) is 0 Å². The molecule has 0 fully saturated rings. The first kappa shape index (κ1) is 24.0. The zero-order valence-electron chi connectivity index (χ0n) is 23.2. The minimum atomic E-state index is -0.158. The Kier molecular flexibility index (Phi) is 4.68. The summed E-state index contributed by atoms with van der Waals surface area (Å²) < 4.78 is 25.8. The van der Waals surface area contributed by atoms with Crippen LogP contribution in [-0.2, 0) is 0 Å². The van der Waals surface area contributed by atoms with Crippen molar-refractivity contribution in [3.63, 3.8) is 0 Å². The molecule has 0 N–H and O–H groups in total. The molecule has 45 heavy (non-hydrogen) atoms. The summed E-state index contributed by atoms with van der Waals surface area (Å²) in [4.78, 5) is 29.0.